The molecular weight excluding hydrogens is 388 g/mol. The Kier molecular flexibility index (Phi) is 5.28. The van der Waals surface area contributed by atoms with Crippen molar-refractivity contribution in [2.75, 3.05) is 0 Å². The van der Waals surface area contributed by atoms with E-state index in [0.29, 0.717) is 15.1 Å². The fourth-order valence-electron chi connectivity index (χ4n) is 2.44. The van der Waals surface area contributed by atoms with Crippen molar-refractivity contribution in [3.05, 3.63) is 99.2 Å². The van der Waals surface area contributed by atoms with E-state index >= 15 is 0 Å². The van der Waals surface area contributed by atoms with Crippen LogP contribution in [-0.2, 0) is 0 Å². The molecule has 0 aliphatic carbocycles. The third-order valence-corrected chi connectivity index (χ3v) is 4.55. The van der Waals surface area contributed by atoms with Gasteiger partial charge in [-0.2, -0.15) is 0 Å². The van der Waals surface area contributed by atoms with E-state index in [2.05, 4.69) is 26.2 Å². The van der Waals surface area contributed by atoms with Gasteiger partial charge >= 0.3 is 0 Å². The summed E-state index contributed by atoms with van der Waals surface area (Å²) in [6.45, 7) is 0. The molecule has 5 heteroatoms. The third kappa shape index (κ3) is 3.83. The molecule has 0 radical (unpaired) electrons. The Morgan fingerprint density at radius 1 is 1.00 bits per heavy atom. The number of carbonyl (C=O) groups is 1. The number of nitrogens with zero attached hydrogens (tertiary/aromatic N) is 1. The average molecular weight is 402 g/mol. The quantitative estimate of drug-likeness (QED) is 0.667. The van der Waals surface area contributed by atoms with E-state index in [9.17, 15) is 4.79 Å². The van der Waals surface area contributed by atoms with Crippen LogP contribution in [0, 0.1) is 0 Å². The van der Waals surface area contributed by atoms with Crippen molar-refractivity contribution in [3.63, 3.8) is 0 Å². The van der Waals surface area contributed by atoms with E-state index in [4.69, 9.17) is 11.6 Å². The van der Waals surface area contributed by atoms with Crippen LogP contribution in [0.2, 0.25) is 5.02 Å². The first-order valence-electron chi connectivity index (χ1n) is 7.36. The zero-order valence-corrected chi connectivity index (χ0v) is 15.0. The van der Waals surface area contributed by atoms with Crippen molar-refractivity contribution in [2.45, 2.75) is 6.04 Å². The lowest BCUT2D eigenvalue weighted by atomic mass is 9.99. The zero-order chi connectivity index (χ0) is 16.9. The number of amides is 1. The highest BCUT2D eigenvalue weighted by molar-refractivity contribution is 9.10. The number of benzene rings is 2. The molecule has 1 N–H and O–H groups in total. The maximum atomic E-state index is 12.8. The Labute approximate surface area is 153 Å². The number of aromatic nitrogens is 1. The Morgan fingerprint density at radius 3 is 2.38 bits per heavy atom. The molecule has 1 amide bonds. The van der Waals surface area contributed by atoms with Gasteiger partial charge < -0.3 is 5.32 Å². The van der Waals surface area contributed by atoms with Crippen molar-refractivity contribution >= 4 is 33.4 Å². The molecule has 0 saturated heterocycles. The lowest BCUT2D eigenvalue weighted by molar-refractivity contribution is 0.0942. The molecule has 0 spiro atoms. The van der Waals surface area contributed by atoms with Crippen LogP contribution in [0.1, 0.15) is 27.5 Å². The number of nitrogens with one attached hydrogen (secondary N) is 1. The fourth-order valence-corrected chi connectivity index (χ4v) is 3.04. The summed E-state index contributed by atoms with van der Waals surface area (Å²) in [7, 11) is 0. The van der Waals surface area contributed by atoms with Crippen molar-refractivity contribution in [3.8, 4) is 0 Å². The monoisotopic (exact) mass is 400 g/mol. The summed E-state index contributed by atoms with van der Waals surface area (Å²) in [6, 6.07) is 18.5. The van der Waals surface area contributed by atoms with Crippen molar-refractivity contribution in [1.82, 2.24) is 10.3 Å². The topological polar surface area (TPSA) is 42.0 Å². The second kappa shape index (κ2) is 7.60. The maximum absolute atomic E-state index is 12.8. The normalized spacial score (nSPS) is 11.8. The van der Waals surface area contributed by atoms with Gasteiger partial charge in [-0.3, -0.25) is 9.78 Å². The van der Waals surface area contributed by atoms with Gasteiger partial charge in [0, 0.05) is 21.9 Å². The van der Waals surface area contributed by atoms with E-state index in [1.807, 2.05) is 42.5 Å². The predicted octanol–water partition coefficient (Wildman–Crippen LogP) is 5.02. The SMILES string of the molecule is O=C(NC(c1ccccc1)c1ccncc1)c1cc(Cl)ccc1Br. The van der Waals surface area contributed by atoms with Gasteiger partial charge in [0.15, 0.2) is 0 Å². The van der Waals surface area contributed by atoms with Gasteiger partial charge in [-0.05, 0) is 57.4 Å². The summed E-state index contributed by atoms with van der Waals surface area (Å²) in [5.74, 6) is -0.199. The van der Waals surface area contributed by atoms with Gasteiger partial charge in [0.2, 0.25) is 0 Å². The number of rotatable bonds is 4. The predicted molar refractivity (Wildman–Crippen MR) is 99.1 cm³/mol. The molecule has 1 aromatic heterocycles. The number of hydrogen-bond donors (Lipinski definition) is 1. The van der Waals surface area contributed by atoms with Crippen molar-refractivity contribution in [2.24, 2.45) is 0 Å². The number of halogens is 2. The molecule has 24 heavy (non-hydrogen) atoms. The smallest absolute Gasteiger partial charge is 0.253 e. The van der Waals surface area contributed by atoms with Gasteiger partial charge in [0.25, 0.3) is 5.91 Å². The Morgan fingerprint density at radius 2 is 1.67 bits per heavy atom. The Hall–Kier alpha value is -2.17. The molecule has 120 valence electrons. The second-order valence-electron chi connectivity index (χ2n) is 5.22. The summed E-state index contributed by atoms with van der Waals surface area (Å²) in [4.78, 5) is 16.8. The molecule has 1 heterocycles. The zero-order valence-electron chi connectivity index (χ0n) is 12.6. The van der Waals surface area contributed by atoms with E-state index in [0.717, 1.165) is 11.1 Å². The molecule has 3 aromatic rings. The van der Waals surface area contributed by atoms with Crippen molar-refractivity contribution < 1.29 is 4.79 Å². The summed E-state index contributed by atoms with van der Waals surface area (Å²) in [5, 5.41) is 3.60. The summed E-state index contributed by atoms with van der Waals surface area (Å²) < 4.78 is 0.700. The van der Waals surface area contributed by atoms with Gasteiger partial charge in [0.1, 0.15) is 0 Å². The molecule has 3 nitrogen and oxygen atoms in total. The number of carbonyl (C=O) groups excluding carboxylic acids is 1. The van der Waals surface area contributed by atoms with Crippen LogP contribution in [0.4, 0.5) is 0 Å². The molecule has 3 rings (SSSR count). The largest absolute Gasteiger partial charge is 0.341 e. The standard InChI is InChI=1S/C19H14BrClN2O/c20-17-7-6-15(21)12-16(17)19(24)23-18(13-4-2-1-3-5-13)14-8-10-22-11-9-14/h1-12,18H,(H,23,24). The van der Waals surface area contributed by atoms with Crippen molar-refractivity contribution in [1.29, 1.82) is 0 Å². The highest BCUT2D eigenvalue weighted by Gasteiger charge is 2.19. The van der Waals surface area contributed by atoms with Crippen LogP contribution >= 0.6 is 27.5 Å². The van der Waals surface area contributed by atoms with E-state index < -0.39 is 0 Å². The molecular formula is C19H14BrClN2O. The minimum atomic E-state index is -0.271. The van der Waals surface area contributed by atoms with E-state index in [1.165, 1.54) is 0 Å². The molecule has 1 unspecified atom stereocenters. The second-order valence-corrected chi connectivity index (χ2v) is 6.51. The molecule has 2 aromatic carbocycles. The first-order chi connectivity index (χ1) is 11.6. The van der Waals surface area contributed by atoms with Gasteiger partial charge in [0.05, 0.1) is 11.6 Å². The highest BCUT2D eigenvalue weighted by Crippen LogP contribution is 2.25. The van der Waals surface area contributed by atoms with Gasteiger partial charge in [-0.25, -0.2) is 0 Å². The lowest BCUT2D eigenvalue weighted by Crippen LogP contribution is -2.29. The molecule has 1 atom stereocenters. The molecule has 0 aliphatic rings. The fraction of sp³-hybridized carbons (Fsp3) is 0.0526. The summed E-state index contributed by atoms with van der Waals surface area (Å²) >= 11 is 9.43. The van der Waals surface area contributed by atoms with E-state index in [-0.39, 0.29) is 11.9 Å². The summed E-state index contributed by atoms with van der Waals surface area (Å²) in [6.07, 6.45) is 3.43. The summed E-state index contributed by atoms with van der Waals surface area (Å²) in [5.41, 5.74) is 2.45. The Balaban J connectivity index is 1.95. The number of hydrogen-bond acceptors (Lipinski definition) is 2. The molecule has 0 bridgehead atoms. The van der Waals surface area contributed by atoms with Crippen LogP contribution < -0.4 is 5.32 Å². The minimum Gasteiger partial charge on any atom is -0.341 e. The Bertz CT molecular complexity index is 801. The first-order valence-corrected chi connectivity index (χ1v) is 8.53. The minimum absolute atomic E-state index is 0.199. The highest BCUT2D eigenvalue weighted by atomic mass is 79.9. The maximum Gasteiger partial charge on any atom is 0.253 e. The first kappa shape index (κ1) is 16.7. The van der Waals surface area contributed by atoms with Crippen LogP contribution in [0.5, 0.6) is 0 Å². The average Bonchev–Trinajstić information content (AvgIpc) is 2.63. The molecule has 0 aliphatic heterocycles. The van der Waals surface area contributed by atoms with Crippen LogP contribution in [0.15, 0.2) is 77.5 Å². The van der Waals surface area contributed by atoms with Gasteiger partial charge in [-0.15, -0.1) is 0 Å². The lowest BCUT2D eigenvalue weighted by Gasteiger charge is -2.20. The van der Waals surface area contributed by atoms with E-state index in [1.54, 1.807) is 30.6 Å². The van der Waals surface area contributed by atoms with Crippen LogP contribution in [-0.4, -0.2) is 10.9 Å². The number of pyridine rings is 1. The molecule has 0 fully saturated rings. The third-order valence-electron chi connectivity index (χ3n) is 3.62. The van der Waals surface area contributed by atoms with Crippen LogP contribution in [0.25, 0.3) is 0 Å². The molecule has 0 saturated carbocycles. The van der Waals surface area contributed by atoms with Crippen LogP contribution in [0.3, 0.4) is 0 Å². The van der Waals surface area contributed by atoms with Gasteiger partial charge in [-0.1, -0.05) is 41.9 Å².